The van der Waals surface area contributed by atoms with Gasteiger partial charge >= 0.3 is 0 Å². The van der Waals surface area contributed by atoms with Crippen LogP contribution in [0.25, 0.3) is 22.4 Å². The second kappa shape index (κ2) is 6.56. The Kier molecular flexibility index (Phi) is 3.87. The highest BCUT2D eigenvalue weighted by Gasteiger charge is 2.16. The van der Waals surface area contributed by atoms with Gasteiger partial charge in [0.15, 0.2) is 5.65 Å². The Hall–Kier alpha value is -4.00. The molecule has 0 aliphatic carbocycles. The molecule has 0 aliphatic heterocycles. The van der Waals surface area contributed by atoms with Crippen molar-refractivity contribution in [3.8, 4) is 5.69 Å². The van der Waals surface area contributed by atoms with Gasteiger partial charge < -0.3 is 5.32 Å². The average molecular weight is 382 g/mol. The fourth-order valence-electron chi connectivity index (χ4n) is 3.50. The molecule has 142 valence electrons. The summed E-state index contributed by atoms with van der Waals surface area (Å²) in [7, 11) is 0. The molecule has 0 bridgehead atoms. The number of amides is 1. The number of hydrogen-bond acceptors (Lipinski definition) is 4. The highest BCUT2D eigenvalue weighted by Crippen LogP contribution is 2.20. The molecule has 1 amide bonds. The van der Waals surface area contributed by atoms with Gasteiger partial charge in [-0.05, 0) is 56.3 Å². The van der Waals surface area contributed by atoms with E-state index in [4.69, 9.17) is 0 Å². The number of imidazole rings is 1. The quantitative estimate of drug-likeness (QED) is 0.513. The van der Waals surface area contributed by atoms with Crippen LogP contribution in [0.1, 0.15) is 21.7 Å². The van der Waals surface area contributed by atoms with Crippen molar-refractivity contribution in [1.29, 1.82) is 0 Å². The minimum Gasteiger partial charge on any atom is -0.322 e. The minimum absolute atomic E-state index is 0.238. The maximum Gasteiger partial charge on any atom is 0.261 e. The number of aromatic nitrogens is 5. The zero-order chi connectivity index (χ0) is 20.0. The first-order valence-electron chi connectivity index (χ1n) is 9.26. The SMILES string of the molecule is Cc1cc(C)n2ncc(C(=O)Nc3ccc(-n4cnc5ccccc54)cc3)c2n1. The molecule has 0 radical (unpaired) electrons. The van der Waals surface area contributed by atoms with Gasteiger partial charge in [0, 0.05) is 22.8 Å². The molecule has 0 saturated carbocycles. The summed E-state index contributed by atoms with van der Waals surface area (Å²) in [6, 6.07) is 17.5. The first-order valence-corrected chi connectivity index (χ1v) is 9.26. The number of anilines is 1. The molecule has 0 aliphatic rings. The lowest BCUT2D eigenvalue weighted by molar-refractivity contribution is 0.102. The van der Waals surface area contributed by atoms with Crippen LogP contribution in [-0.2, 0) is 0 Å². The van der Waals surface area contributed by atoms with Crippen LogP contribution < -0.4 is 5.32 Å². The highest BCUT2D eigenvalue weighted by molar-refractivity contribution is 6.08. The van der Waals surface area contributed by atoms with E-state index in [1.165, 1.54) is 0 Å². The van der Waals surface area contributed by atoms with E-state index in [-0.39, 0.29) is 5.91 Å². The van der Waals surface area contributed by atoms with Crippen LogP contribution in [0, 0.1) is 13.8 Å². The highest BCUT2D eigenvalue weighted by atomic mass is 16.1. The summed E-state index contributed by atoms with van der Waals surface area (Å²) >= 11 is 0. The largest absolute Gasteiger partial charge is 0.322 e. The summed E-state index contributed by atoms with van der Waals surface area (Å²) in [6.07, 6.45) is 3.35. The minimum atomic E-state index is -0.238. The molecule has 7 nitrogen and oxygen atoms in total. The molecule has 7 heteroatoms. The lowest BCUT2D eigenvalue weighted by Gasteiger charge is -2.08. The van der Waals surface area contributed by atoms with Crippen LogP contribution in [0.4, 0.5) is 5.69 Å². The smallest absolute Gasteiger partial charge is 0.261 e. The van der Waals surface area contributed by atoms with E-state index in [1.54, 1.807) is 17.0 Å². The van der Waals surface area contributed by atoms with Crippen molar-refractivity contribution in [3.05, 3.63) is 84.1 Å². The number of rotatable bonds is 3. The summed E-state index contributed by atoms with van der Waals surface area (Å²) in [5.74, 6) is -0.238. The Morgan fingerprint density at radius 3 is 2.66 bits per heavy atom. The van der Waals surface area contributed by atoms with Crippen molar-refractivity contribution < 1.29 is 4.79 Å². The Morgan fingerprint density at radius 2 is 1.83 bits per heavy atom. The second-order valence-corrected chi connectivity index (χ2v) is 6.94. The Morgan fingerprint density at radius 1 is 1.03 bits per heavy atom. The predicted molar refractivity (Wildman–Crippen MR) is 111 cm³/mol. The molecule has 2 aromatic carbocycles. The van der Waals surface area contributed by atoms with E-state index >= 15 is 0 Å². The van der Waals surface area contributed by atoms with E-state index in [1.807, 2.05) is 73.0 Å². The molecule has 29 heavy (non-hydrogen) atoms. The monoisotopic (exact) mass is 382 g/mol. The zero-order valence-electron chi connectivity index (χ0n) is 16.0. The number of hydrogen-bond donors (Lipinski definition) is 1. The van der Waals surface area contributed by atoms with E-state index in [9.17, 15) is 4.79 Å². The molecule has 0 atom stereocenters. The number of nitrogens with zero attached hydrogens (tertiary/aromatic N) is 5. The Balaban J connectivity index is 1.42. The first-order chi connectivity index (χ1) is 14.1. The van der Waals surface area contributed by atoms with Gasteiger partial charge in [0.2, 0.25) is 0 Å². The first kappa shape index (κ1) is 17.1. The summed E-state index contributed by atoms with van der Waals surface area (Å²) in [5.41, 5.74) is 6.43. The van der Waals surface area contributed by atoms with Crippen molar-refractivity contribution in [2.24, 2.45) is 0 Å². The standard InChI is InChI=1S/C22H18N6O/c1-14-11-15(2)28-21(25-14)18(12-24-28)22(29)26-16-7-9-17(10-8-16)27-13-23-19-5-3-4-6-20(19)27/h3-13H,1-2H3,(H,26,29). The van der Waals surface area contributed by atoms with Gasteiger partial charge in [-0.3, -0.25) is 9.36 Å². The normalized spacial score (nSPS) is 11.2. The summed E-state index contributed by atoms with van der Waals surface area (Å²) in [4.78, 5) is 21.7. The number of para-hydroxylation sites is 2. The van der Waals surface area contributed by atoms with Gasteiger partial charge in [0.05, 0.1) is 17.2 Å². The molecule has 5 rings (SSSR count). The summed E-state index contributed by atoms with van der Waals surface area (Å²) < 4.78 is 3.69. The Bertz CT molecular complexity index is 1360. The molecule has 5 aromatic rings. The number of fused-ring (bicyclic) bond motifs is 2. The van der Waals surface area contributed by atoms with Crippen molar-refractivity contribution in [3.63, 3.8) is 0 Å². The van der Waals surface area contributed by atoms with Crippen LogP contribution >= 0.6 is 0 Å². The van der Waals surface area contributed by atoms with E-state index in [2.05, 4.69) is 20.4 Å². The van der Waals surface area contributed by atoms with Gasteiger partial charge in [-0.1, -0.05) is 12.1 Å². The third-order valence-electron chi connectivity index (χ3n) is 4.88. The molecular weight excluding hydrogens is 364 g/mol. The number of carbonyl (C=O) groups is 1. The van der Waals surface area contributed by atoms with Crippen LogP contribution in [0.2, 0.25) is 0 Å². The summed E-state index contributed by atoms with van der Waals surface area (Å²) in [6.45, 7) is 3.84. The molecule has 1 N–H and O–H groups in total. The van der Waals surface area contributed by atoms with E-state index < -0.39 is 0 Å². The van der Waals surface area contributed by atoms with Crippen LogP contribution in [0.15, 0.2) is 67.1 Å². The summed E-state index contributed by atoms with van der Waals surface area (Å²) in [5, 5.41) is 7.21. The average Bonchev–Trinajstić information content (AvgIpc) is 3.33. The van der Waals surface area contributed by atoms with Crippen molar-refractivity contribution in [2.75, 3.05) is 5.32 Å². The molecule has 3 aromatic heterocycles. The number of aryl methyl sites for hydroxylation is 2. The van der Waals surface area contributed by atoms with Crippen LogP contribution in [-0.4, -0.2) is 30.1 Å². The molecule has 0 saturated heterocycles. The van der Waals surface area contributed by atoms with Crippen LogP contribution in [0.3, 0.4) is 0 Å². The third-order valence-corrected chi connectivity index (χ3v) is 4.88. The maximum atomic E-state index is 12.8. The van der Waals surface area contributed by atoms with Gasteiger partial charge in [-0.2, -0.15) is 5.10 Å². The van der Waals surface area contributed by atoms with Crippen molar-refractivity contribution >= 4 is 28.3 Å². The van der Waals surface area contributed by atoms with Crippen molar-refractivity contribution in [1.82, 2.24) is 24.1 Å². The van der Waals surface area contributed by atoms with Crippen LogP contribution in [0.5, 0.6) is 0 Å². The topological polar surface area (TPSA) is 77.1 Å². The predicted octanol–water partition coefficient (Wildman–Crippen LogP) is 3.94. The number of carbonyl (C=O) groups excluding carboxylic acids is 1. The van der Waals surface area contributed by atoms with Crippen molar-refractivity contribution in [2.45, 2.75) is 13.8 Å². The molecule has 0 spiro atoms. The molecule has 0 unspecified atom stereocenters. The maximum absolute atomic E-state index is 12.8. The van der Waals surface area contributed by atoms with E-state index in [0.29, 0.717) is 16.9 Å². The second-order valence-electron chi connectivity index (χ2n) is 6.94. The lowest BCUT2D eigenvalue weighted by atomic mass is 10.2. The zero-order valence-corrected chi connectivity index (χ0v) is 16.0. The number of nitrogens with one attached hydrogen (secondary N) is 1. The fourth-order valence-corrected chi connectivity index (χ4v) is 3.50. The van der Waals surface area contributed by atoms with E-state index in [0.717, 1.165) is 28.1 Å². The molecular formula is C22H18N6O. The van der Waals surface area contributed by atoms with Gasteiger partial charge in [0.1, 0.15) is 11.9 Å². The Labute approximate surface area is 166 Å². The molecule has 0 fully saturated rings. The number of benzene rings is 2. The third kappa shape index (κ3) is 2.93. The molecule has 3 heterocycles. The van der Waals surface area contributed by atoms with Gasteiger partial charge in [0.25, 0.3) is 5.91 Å². The lowest BCUT2D eigenvalue weighted by Crippen LogP contribution is -2.12. The van der Waals surface area contributed by atoms with Gasteiger partial charge in [-0.25, -0.2) is 14.5 Å². The van der Waals surface area contributed by atoms with Gasteiger partial charge in [-0.15, -0.1) is 0 Å². The fraction of sp³-hybridized carbons (Fsp3) is 0.0909.